The normalized spacial score (nSPS) is 14.4. The van der Waals surface area contributed by atoms with Gasteiger partial charge >= 0.3 is 41.7 Å². The second-order valence-electron chi connectivity index (χ2n) is 2.56. The first-order valence-corrected chi connectivity index (χ1v) is 4.94. The molecule has 0 aliphatic heterocycles. The van der Waals surface area contributed by atoms with Gasteiger partial charge in [0, 0.05) is 0 Å². The third kappa shape index (κ3) is 4.63. The number of aliphatic hydroxyl groups excluding tert-OH is 1. The molecule has 0 radical (unpaired) electrons. The molecule has 0 rings (SSSR count). The van der Waals surface area contributed by atoms with Crippen molar-refractivity contribution in [1.82, 2.24) is 4.90 Å². The van der Waals surface area contributed by atoms with E-state index < -0.39 is 38.7 Å². The van der Waals surface area contributed by atoms with Crippen LogP contribution in [0.25, 0.3) is 0 Å². The van der Waals surface area contributed by atoms with Crippen LogP contribution in [0.15, 0.2) is 0 Å². The van der Waals surface area contributed by atoms with Gasteiger partial charge in [-0.1, -0.05) is 0 Å². The molecule has 88 valence electrons. The van der Waals surface area contributed by atoms with E-state index in [1.807, 2.05) is 0 Å². The second kappa shape index (κ2) is 6.37. The van der Waals surface area contributed by atoms with Gasteiger partial charge in [-0.25, -0.2) is 18.0 Å². The predicted molar refractivity (Wildman–Crippen MR) is 43.1 cm³/mol. The average molecular weight is 265 g/mol. The van der Waals surface area contributed by atoms with Crippen molar-refractivity contribution in [3.63, 3.8) is 0 Å². The van der Waals surface area contributed by atoms with E-state index in [1.165, 1.54) is 0 Å². The maximum Gasteiger partial charge on any atom is 1.00 e. The Morgan fingerprint density at radius 1 is 1.25 bits per heavy atom. The molecular weight excluding hydrogens is 257 g/mol. The van der Waals surface area contributed by atoms with Gasteiger partial charge in [0.15, 0.2) is 5.37 Å². The van der Waals surface area contributed by atoms with Gasteiger partial charge in [0.05, 0.1) is 6.10 Å². The SMILES string of the molecule is CC(O)C(N(C(=O)O)C(=O)O)S(=O)(=O)[O-].[Na+]. The summed E-state index contributed by atoms with van der Waals surface area (Å²) < 4.78 is 31.6. The zero-order valence-corrected chi connectivity index (χ0v) is 11.2. The predicted octanol–water partition coefficient (Wildman–Crippen LogP) is -4.10. The Labute approximate surface area is 113 Å². The summed E-state index contributed by atoms with van der Waals surface area (Å²) in [6, 6.07) is 0. The molecule has 0 aromatic rings. The minimum Gasteiger partial charge on any atom is -0.746 e. The Hall–Kier alpha value is -0.390. The number of aliphatic hydroxyl groups is 1. The van der Waals surface area contributed by atoms with Crippen molar-refractivity contribution in [2.75, 3.05) is 0 Å². The molecule has 11 heteroatoms. The molecule has 3 N–H and O–H groups in total. The fourth-order valence-electron chi connectivity index (χ4n) is 0.886. The standard InChI is InChI=1S/C5H9NO8S.Na/c1-2(7)3(15(12,13)14)6(4(8)9)5(10)11;/h2-3,7H,1H3,(H,8,9)(H,10,11)(H,12,13,14);/q;+1/p-1. The van der Waals surface area contributed by atoms with E-state index in [0.717, 1.165) is 6.92 Å². The average Bonchev–Trinajstić information content (AvgIpc) is 1.94. The largest absolute Gasteiger partial charge is 1.00 e. The molecule has 2 atom stereocenters. The first kappa shape index (κ1) is 18.0. The molecule has 0 spiro atoms. The minimum absolute atomic E-state index is 0. The van der Waals surface area contributed by atoms with E-state index in [2.05, 4.69) is 0 Å². The maximum absolute atomic E-state index is 10.5. The van der Waals surface area contributed by atoms with E-state index >= 15 is 0 Å². The van der Waals surface area contributed by atoms with Gasteiger partial charge in [0.25, 0.3) is 0 Å². The van der Waals surface area contributed by atoms with E-state index in [4.69, 9.17) is 15.3 Å². The summed E-state index contributed by atoms with van der Waals surface area (Å²) in [7, 11) is -5.29. The molecule has 0 aliphatic rings. The van der Waals surface area contributed by atoms with Gasteiger partial charge in [0.1, 0.15) is 10.1 Å². The summed E-state index contributed by atoms with van der Waals surface area (Å²) in [6.07, 6.45) is -6.28. The van der Waals surface area contributed by atoms with E-state index in [-0.39, 0.29) is 29.6 Å². The van der Waals surface area contributed by atoms with E-state index in [0.29, 0.717) is 0 Å². The van der Waals surface area contributed by atoms with Crippen molar-refractivity contribution in [3.05, 3.63) is 0 Å². The van der Waals surface area contributed by atoms with Crippen molar-refractivity contribution in [1.29, 1.82) is 0 Å². The van der Waals surface area contributed by atoms with Crippen LogP contribution in [-0.4, -0.2) is 56.9 Å². The van der Waals surface area contributed by atoms with Crippen LogP contribution >= 0.6 is 0 Å². The van der Waals surface area contributed by atoms with Gasteiger partial charge in [0.2, 0.25) is 0 Å². The molecule has 2 unspecified atom stereocenters. The first-order valence-electron chi connectivity index (χ1n) is 3.47. The van der Waals surface area contributed by atoms with Crippen LogP contribution in [0.3, 0.4) is 0 Å². The van der Waals surface area contributed by atoms with E-state index in [1.54, 1.807) is 0 Å². The number of hydrogen-bond donors (Lipinski definition) is 3. The number of carboxylic acid groups (broad SMARTS) is 2. The third-order valence-electron chi connectivity index (χ3n) is 1.38. The number of hydrogen-bond acceptors (Lipinski definition) is 6. The third-order valence-corrected chi connectivity index (χ3v) is 2.57. The molecule has 0 bridgehead atoms. The van der Waals surface area contributed by atoms with Crippen molar-refractivity contribution in [3.8, 4) is 0 Å². The Bertz CT molecular complexity index is 351. The molecule has 16 heavy (non-hydrogen) atoms. The molecule has 0 fully saturated rings. The first-order chi connectivity index (χ1) is 6.59. The van der Waals surface area contributed by atoms with Gasteiger partial charge in [-0.15, -0.1) is 0 Å². The fraction of sp³-hybridized carbons (Fsp3) is 0.600. The zero-order chi connectivity index (χ0) is 12.4. The van der Waals surface area contributed by atoms with Crippen molar-refractivity contribution < 1.29 is 67.4 Å². The topological polar surface area (TPSA) is 155 Å². The molecule has 0 aromatic carbocycles. The summed E-state index contributed by atoms with van der Waals surface area (Å²) in [6.45, 7) is 0.791. The van der Waals surface area contributed by atoms with Crippen LogP contribution in [0.2, 0.25) is 0 Å². The quantitative estimate of drug-likeness (QED) is 0.343. The number of nitrogens with zero attached hydrogens (tertiary/aromatic N) is 1. The van der Waals surface area contributed by atoms with Crippen LogP contribution in [0.4, 0.5) is 9.59 Å². The molecule has 0 aliphatic carbocycles. The smallest absolute Gasteiger partial charge is 0.746 e. The van der Waals surface area contributed by atoms with E-state index in [9.17, 15) is 22.6 Å². The molecule has 0 saturated carbocycles. The molecule has 9 nitrogen and oxygen atoms in total. The van der Waals surface area contributed by atoms with Crippen LogP contribution < -0.4 is 29.6 Å². The monoisotopic (exact) mass is 265 g/mol. The van der Waals surface area contributed by atoms with Crippen LogP contribution in [-0.2, 0) is 10.1 Å². The second-order valence-corrected chi connectivity index (χ2v) is 4.03. The molecule has 0 aromatic heterocycles. The summed E-state index contributed by atoms with van der Waals surface area (Å²) in [4.78, 5) is 20.1. The summed E-state index contributed by atoms with van der Waals surface area (Å²) in [5, 5.41) is 23.0. The Kier molecular flexibility index (Phi) is 7.16. The molecule has 0 saturated heterocycles. The van der Waals surface area contributed by atoms with Crippen molar-refractivity contribution in [2.45, 2.75) is 18.4 Å². The number of carbonyl (C=O) groups is 2. The Morgan fingerprint density at radius 2 is 1.56 bits per heavy atom. The van der Waals surface area contributed by atoms with Crippen LogP contribution in [0, 0.1) is 0 Å². The summed E-state index contributed by atoms with van der Waals surface area (Å²) in [5.74, 6) is 0. The van der Waals surface area contributed by atoms with Crippen molar-refractivity contribution in [2.24, 2.45) is 0 Å². The molecule has 0 heterocycles. The fourth-order valence-corrected chi connectivity index (χ4v) is 1.81. The summed E-state index contributed by atoms with van der Waals surface area (Å²) in [5.41, 5.74) is 0. The maximum atomic E-state index is 10.5. The van der Waals surface area contributed by atoms with Crippen LogP contribution in [0.5, 0.6) is 0 Å². The zero-order valence-electron chi connectivity index (χ0n) is 8.39. The molecule has 2 amide bonds. The van der Waals surface area contributed by atoms with Gasteiger partial charge in [-0.05, 0) is 6.92 Å². The summed E-state index contributed by atoms with van der Waals surface area (Å²) >= 11 is 0. The van der Waals surface area contributed by atoms with Crippen LogP contribution in [0.1, 0.15) is 6.92 Å². The Balaban J connectivity index is 0. The minimum atomic E-state index is -5.29. The number of rotatable bonds is 3. The Morgan fingerprint density at radius 3 is 1.62 bits per heavy atom. The van der Waals surface area contributed by atoms with Gasteiger partial charge < -0.3 is 19.9 Å². The van der Waals surface area contributed by atoms with Crippen molar-refractivity contribution >= 4 is 22.3 Å². The number of amides is 2. The number of imide groups is 1. The van der Waals surface area contributed by atoms with Gasteiger partial charge in [-0.2, -0.15) is 4.90 Å². The molecular formula is C5H8NNaO8S. The van der Waals surface area contributed by atoms with Gasteiger partial charge in [-0.3, -0.25) is 0 Å².